The Bertz CT molecular complexity index is 1190. The molecule has 3 N–H and O–H groups in total. The van der Waals surface area contributed by atoms with Crippen molar-refractivity contribution in [3.63, 3.8) is 0 Å². The predicted octanol–water partition coefficient (Wildman–Crippen LogP) is 4.97. The molecular weight excluding hydrogens is 435 g/mol. The van der Waals surface area contributed by atoms with E-state index in [1.807, 2.05) is 19.9 Å². The van der Waals surface area contributed by atoms with Crippen molar-refractivity contribution in [1.29, 1.82) is 0 Å². The van der Waals surface area contributed by atoms with E-state index in [4.69, 9.17) is 5.11 Å². The number of aliphatic hydroxyl groups excluding tert-OH is 1. The largest absolute Gasteiger partial charge is 0.494 e. The number of rotatable bonds is 7. The van der Waals surface area contributed by atoms with Gasteiger partial charge >= 0.3 is 6.18 Å². The second kappa shape index (κ2) is 9.66. The fraction of sp³-hybridized carbons (Fsp3) is 0.333. The van der Waals surface area contributed by atoms with Crippen LogP contribution in [0.1, 0.15) is 48.4 Å². The highest BCUT2D eigenvalue weighted by Gasteiger charge is 2.32. The Labute approximate surface area is 189 Å². The molecule has 0 saturated heterocycles. The van der Waals surface area contributed by atoms with Gasteiger partial charge in [-0.05, 0) is 69.0 Å². The van der Waals surface area contributed by atoms with Crippen LogP contribution in [0.25, 0.3) is 16.6 Å². The summed E-state index contributed by atoms with van der Waals surface area (Å²) in [5.41, 5.74) is 4.51. The summed E-state index contributed by atoms with van der Waals surface area (Å²) in [4.78, 5) is 12.0. The number of aromatic nitrogens is 1. The number of hydrogen-bond donors (Lipinski definition) is 3. The summed E-state index contributed by atoms with van der Waals surface area (Å²) in [6, 6.07) is 8.72. The molecule has 0 bridgehead atoms. The summed E-state index contributed by atoms with van der Waals surface area (Å²) in [5, 5.41) is 24.4. The first-order chi connectivity index (χ1) is 15.5. The first-order valence-corrected chi connectivity index (χ1v) is 10.5. The maximum atomic E-state index is 13.4. The average Bonchev–Trinajstić information content (AvgIpc) is 3.02. The lowest BCUT2D eigenvalue weighted by molar-refractivity contribution is -0.137. The quantitative estimate of drug-likeness (QED) is 0.264. The van der Waals surface area contributed by atoms with Gasteiger partial charge in [0.25, 0.3) is 0 Å². The topological polar surface area (TPSA) is 86.8 Å². The van der Waals surface area contributed by atoms with Crippen LogP contribution in [0.5, 0.6) is 5.88 Å². The fourth-order valence-electron chi connectivity index (χ4n) is 3.80. The number of hydrazone groups is 1. The summed E-state index contributed by atoms with van der Waals surface area (Å²) in [6.45, 7) is 5.27. The zero-order chi connectivity index (χ0) is 24.3. The molecule has 1 amide bonds. The molecule has 3 rings (SSSR count). The van der Waals surface area contributed by atoms with Crippen LogP contribution >= 0.6 is 0 Å². The number of halogens is 3. The number of nitrogens with one attached hydrogen (secondary N) is 1. The second-order valence-corrected chi connectivity index (χ2v) is 8.02. The third kappa shape index (κ3) is 5.36. The SMILES string of the molecule is C/C(=N/NC(=O)CCCCO)c1c(O)n(-c2cc(C)cc(C)c2)c2cc(C(F)(F)F)ccc12. The van der Waals surface area contributed by atoms with Gasteiger partial charge in [0, 0.05) is 24.1 Å². The number of carbonyl (C=O) groups is 1. The highest BCUT2D eigenvalue weighted by atomic mass is 19.4. The Hall–Kier alpha value is -3.33. The summed E-state index contributed by atoms with van der Waals surface area (Å²) in [7, 11) is 0. The lowest BCUT2D eigenvalue weighted by atomic mass is 10.1. The lowest BCUT2D eigenvalue weighted by Crippen LogP contribution is -2.19. The van der Waals surface area contributed by atoms with Gasteiger partial charge in [-0.3, -0.25) is 9.36 Å². The van der Waals surface area contributed by atoms with Gasteiger partial charge < -0.3 is 10.2 Å². The van der Waals surface area contributed by atoms with Crippen LogP contribution in [-0.2, 0) is 11.0 Å². The monoisotopic (exact) mass is 461 g/mol. The van der Waals surface area contributed by atoms with Crippen molar-refractivity contribution in [2.75, 3.05) is 6.61 Å². The molecule has 0 fully saturated rings. The van der Waals surface area contributed by atoms with Crippen molar-refractivity contribution >= 4 is 22.5 Å². The number of aryl methyl sites for hydroxylation is 2. The molecule has 2 aromatic carbocycles. The van der Waals surface area contributed by atoms with E-state index in [1.165, 1.54) is 10.6 Å². The van der Waals surface area contributed by atoms with Crippen LogP contribution in [0, 0.1) is 13.8 Å². The third-order valence-corrected chi connectivity index (χ3v) is 5.26. The Morgan fingerprint density at radius 3 is 2.36 bits per heavy atom. The predicted molar refractivity (Wildman–Crippen MR) is 121 cm³/mol. The summed E-state index contributed by atoms with van der Waals surface area (Å²) in [5.74, 6) is -0.634. The Kier molecular flexibility index (Phi) is 7.12. The van der Waals surface area contributed by atoms with E-state index in [1.54, 1.807) is 19.1 Å². The standard InChI is InChI=1S/C24H26F3N3O3/c1-14-10-15(2)12-18(11-14)30-20-13-17(24(25,26)27)7-8-19(20)22(23(30)33)16(3)28-29-21(32)6-4-5-9-31/h7-8,10-13,31,33H,4-6,9H2,1-3H3,(H,29,32)/b28-16-. The van der Waals surface area contributed by atoms with Crippen LogP contribution in [0.15, 0.2) is 41.5 Å². The van der Waals surface area contributed by atoms with E-state index in [0.717, 1.165) is 23.3 Å². The first-order valence-electron chi connectivity index (χ1n) is 10.5. The zero-order valence-electron chi connectivity index (χ0n) is 18.6. The van der Waals surface area contributed by atoms with Gasteiger partial charge in [-0.1, -0.05) is 12.1 Å². The highest BCUT2D eigenvalue weighted by Crippen LogP contribution is 2.39. The van der Waals surface area contributed by atoms with Gasteiger partial charge in [-0.2, -0.15) is 18.3 Å². The number of fused-ring (bicyclic) bond motifs is 1. The van der Waals surface area contributed by atoms with Crippen molar-refractivity contribution in [3.05, 3.63) is 58.7 Å². The molecule has 0 aliphatic carbocycles. The molecule has 0 aliphatic rings. The smallest absolute Gasteiger partial charge is 0.416 e. The van der Waals surface area contributed by atoms with Gasteiger partial charge in [0.05, 0.1) is 22.4 Å². The van der Waals surface area contributed by atoms with Crippen LogP contribution in [0.2, 0.25) is 0 Å². The Morgan fingerprint density at radius 2 is 1.76 bits per heavy atom. The van der Waals surface area contributed by atoms with Gasteiger partial charge in [-0.25, -0.2) is 5.43 Å². The van der Waals surface area contributed by atoms with E-state index in [9.17, 15) is 23.1 Å². The minimum Gasteiger partial charge on any atom is -0.494 e. The van der Waals surface area contributed by atoms with Crippen molar-refractivity contribution in [2.45, 2.75) is 46.2 Å². The van der Waals surface area contributed by atoms with E-state index < -0.39 is 11.7 Å². The second-order valence-electron chi connectivity index (χ2n) is 8.02. The normalized spacial score (nSPS) is 12.4. The Balaban J connectivity index is 2.15. The molecule has 0 unspecified atom stereocenters. The number of benzene rings is 2. The average molecular weight is 461 g/mol. The van der Waals surface area contributed by atoms with Gasteiger partial charge in [0.1, 0.15) is 0 Å². The van der Waals surface area contributed by atoms with E-state index in [-0.39, 0.29) is 41.6 Å². The molecule has 0 spiro atoms. The fourth-order valence-corrected chi connectivity index (χ4v) is 3.80. The first kappa shape index (κ1) is 24.3. The number of amides is 1. The zero-order valence-corrected chi connectivity index (χ0v) is 18.6. The van der Waals surface area contributed by atoms with Gasteiger partial charge in [0.15, 0.2) is 0 Å². The van der Waals surface area contributed by atoms with Crippen LogP contribution in [0.4, 0.5) is 13.2 Å². The molecule has 0 saturated carbocycles. The molecule has 0 atom stereocenters. The lowest BCUT2D eigenvalue weighted by Gasteiger charge is -2.11. The van der Waals surface area contributed by atoms with E-state index in [0.29, 0.717) is 23.9 Å². The maximum absolute atomic E-state index is 13.4. The molecular formula is C24H26F3N3O3. The number of aliphatic hydroxyl groups is 1. The van der Waals surface area contributed by atoms with Gasteiger partial charge in [0.2, 0.25) is 11.8 Å². The molecule has 3 aromatic rings. The summed E-state index contributed by atoms with van der Waals surface area (Å²) >= 11 is 0. The van der Waals surface area contributed by atoms with E-state index in [2.05, 4.69) is 10.5 Å². The number of nitrogens with zero attached hydrogens (tertiary/aromatic N) is 2. The number of hydrogen-bond acceptors (Lipinski definition) is 4. The number of aromatic hydroxyl groups is 1. The summed E-state index contributed by atoms with van der Waals surface area (Å²) in [6.07, 6.45) is -3.40. The number of carbonyl (C=O) groups excluding carboxylic acids is 1. The molecule has 33 heavy (non-hydrogen) atoms. The maximum Gasteiger partial charge on any atom is 0.416 e. The van der Waals surface area contributed by atoms with Crippen molar-refractivity contribution in [1.82, 2.24) is 9.99 Å². The molecule has 1 heterocycles. The number of alkyl halides is 3. The third-order valence-electron chi connectivity index (χ3n) is 5.26. The Morgan fingerprint density at radius 1 is 1.09 bits per heavy atom. The van der Waals surface area contributed by atoms with Crippen LogP contribution < -0.4 is 5.43 Å². The molecule has 9 heteroatoms. The van der Waals surface area contributed by atoms with Gasteiger partial charge in [-0.15, -0.1) is 0 Å². The minimum absolute atomic E-state index is 0.0126. The molecule has 0 radical (unpaired) electrons. The van der Waals surface area contributed by atoms with Crippen molar-refractivity contribution in [3.8, 4) is 11.6 Å². The minimum atomic E-state index is -4.55. The van der Waals surface area contributed by atoms with E-state index >= 15 is 0 Å². The van der Waals surface area contributed by atoms with Crippen LogP contribution in [-0.4, -0.2) is 33.0 Å². The molecule has 1 aromatic heterocycles. The summed E-state index contributed by atoms with van der Waals surface area (Å²) < 4.78 is 41.6. The molecule has 6 nitrogen and oxygen atoms in total. The highest BCUT2D eigenvalue weighted by molar-refractivity contribution is 6.13. The van der Waals surface area contributed by atoms with Crippen molar-refractivity contribution < 1.29 is 28.2 Å². The van der Waals surface area contributed by atoms with Crippen LogP contribution in [0.3, 0.4) is 0 Å². The molecule has 0 aliphatic heterocycles. The van der Waals surface area contributed by atoms with Crippen molar-refractivity contribution in [2.24, 2.45) is 5.10 Å². The number of unbranched alkanes of at least 4 members (excludes halogenated alkanes) is 1. The molecule has 176 valence electrons.